The fourth-order valence-corrected chi connectivity index (χ4v) is 4.35. The van der Waals surface area contributed by atoms with Gasteiger partial charge in [-0.25, -0.2) is 0 Å². The number of hydrogen-bond donors (Lipinski definition) is 1. The van der Waals surface area contributed by atoms with Gasteiger partial charge in [0.05, 0.1) is 11.8 Å². The van der Waals surface area contributed by atoms with E-state index >= 15 is 0 Å². The quantitative estimate of drug-likeness (QED) is 0.409. The van der Waals surface area contributed by atoms with Crippen molar-refractivity contribution in [3.8, 4) is 11.4 Å². The van der Waals surface area contributed by atoms with Gasteiger partial charge in [0.25, 0.3) is 0 Å². The largest absolute Gasteiger partial charge is 0.469 e. The SMILES string of the molecule is Cc1ccc(C)c(NC(=O)[C@H](Sc2nnc(-c3ccoc3C)n2C)c2ccccc2)c1. The number of carbonyl (C=O) groups is 1. The average Bonchev–Trinajstić information content (AvgIpc) is 3.34. The lowest BCUT2D eigenvalue weighted by Gasteiger charge is -2.18. The summed E-state index contributed by atoms with van der Waals surface area (Å²) in [5.74, 6) is 1.38. The Bertz CT molecular complexity index is 1210. The molecule has 0 radical (unpaired) electrons. The normalized spacial score (nSPS) is 12.0. The summed E-state index contributed by atoms with van der Waals surface area (Å²) in [6.45, 7) is 5.89. The van der Waals surface area contributed by atoms with Crippen molar-refractivity contribution in [1.29, 1.82) is 0 Å². The maximum Gasteiger partial charge on any atom is 0.242 e. The maximum atomic E-state index is 13.4. The van der Waals surface area contributed by atoms with Gasteiger partial charge >= 0.3 is 0 Å². The highest BCUT2D eigenvalue weighted by molar-refractivity contribution is 8.00. The molecule has 0 aliphatic carbocycles. The second-order valence-electron chi connectivity index (χ2n) is 7.47. The summed E-state index contributed by atoms with van der Waals surface area (Å²) in [6, 6.07) is 17.6. The number of benzene rings is 2. The van der Waals surface area contributed by atoms with E-state index in [-0.39, 0.29) is 5.91 Å². The number of carbonyl (C=O) groups excluding carboxylic acids is 1. The number of hydrogen-bond acceptors (Lipinski definition) is 5. The lowest BCUT2D eigenvalue weighted by molar-refractivity contribution is -0.115. The molecule has 7 heteroatoms. The molecule has 0 spiro atoms. The fourth-order valence-electron chi connectivity index (χ4n) is 3.34. The van der Waals surface area contributed by atoms with E-state index in [1.165, 1.54) is 11.8 Å². The van der Waals surface area contributed by atoms with Gasteiger partial charge in [-0.2, -0.15) is 0 Å². The van der Waals surface area contributed by atoms with E-state index in [9.17, 15) is 4.79 Å². The molecule has 0 unspecified atom stereocenters. The van der Waals surface area contributed by atoms with Crippen LogP contribution in [0.4, 0.5) is 5.69 Å². The molecule has 1 N–H and O–H groups in total. The van der Waals surface area contributed by atoms with Crippen molar-refractivity contribution in [2.75, 3.05) is 5.32 Å². The van der Waals surface area contributed by atoms with Crippen molar-refractivity contribution < 1.29 is 9.21 Å². The number of amides is 1. The van der Waals surface area contributed by atoms with E-state index in [2.05, 4.69) is 15.5 Å². The van der Waals surface area contributed by atoms with Crippen LogP contribution in [0.25, 0.3) is 11.4 Å². The van der Waals surface area contributed by atoms with E-state index in [1.807, 2.05) is 87.0 Å². The molecular weight excluding hydrogens is 408 g/mol. The molecule has 0 saturated carbocycles. The second kappa shape index (κ2) is 8.81. The maximum absolute atomic E-state index is 13.4. The van der Waals surface area contributed by atoms with Crippen molar-refractivity contribution in [2.24, 2.45) is 7.05 Å². The van der Waals surface area contributed by atoms with Crippen LogP contribution in [0.5, 0.6) is 0 Å². The third kappa shape index (κ3) is 4.41. The first-order valence-corrected chi connectivity index (χ1v) is 10.9. The summed E-state index contributed by atoms with van der Waals surface area (Å²) in [5.41, 5.74) is 4.72. The smallest absolute Gasteiger partial charge is 0.242 e. The van der Waals surface area contributed by atoms with E-state index in [1.54, 1.807) is 6.26 Å². The van der Waals surface area contributed by atoms with E-state index in [0.29, 0.717) is 11.0 Å². The molecule has 158 valence electrons. The van der Waals surface area contributed by atoms with Gasteiger partial charge in [-0.3, -0.25) is 4.79 Å². The molecule has 4 rings (SSSR count). The minimum Gasteiger partial charge on any atom is -0.469 e. The molecule has 6 nitrogen and oxygen atoms in total. The molecule has 0 aliphatic heterocycles. The Morgan fingerprint density at radius 1 is 1.06 bits per heavy atom. The summed E-state index contributed by atoms with van der Waals surface area (Å²) < 4.78 is 7.30. The van der Waals surface area contributed by atoms with Crippen LogP contribution in [0, 0.1) is 20.8 Å². The van der Waals surface area contributed by atoms with E-state index < -0.39 is 5.25 Å². The predicted molar refractivity (Wildman–Crippen MR) is 123 cm³/mol. The van der Waals surface area contributed by atoms with Crippen molar-refractivity contribution >= 4 is 23.4 Å². The zero-order valence-corrected chi connectivity index (χ0v) is 18.7. The number of rotatable bonds is 6. The number of furan rings is 1. The Kier molecular flexibility index (Phi) is 5.95. The second-order valence-corrected chi connectivity index (χ2v) is 8.54. The van der Waals surface area contributed by atoms with Gasteiger partial charge in [0, 0.05) is 12.7 Å². The Labute approximate surface area is 185 Å². The molecule has 0 fully saturated rings. The van der Waals surface area contributed by atoms with Crippen molar-refractivity contribution in [1.82, 2.24) is 14.8 Å². The molecule has 0 bridgehead atoms. The van der Waals surface area contributed by atoms with Crippen LogP contribution in [-0.4, -0.2) is 20.7 Å². The van der Waals surface area contributed by atoms with Gasteiger partial charge in [-0.05, 0) is 49.6 Å². The molecule has 0 saturated heterocycles. The van der Waals surface area contributed by atoms with Crippen LogP contribution in [0.2, 0.25) is 0 Å². The zero-order chi connectivity index (χ0) is 22.0. The molecule has 2 aromatic carbocycles. The van der Waals surface area contributed by atoms with Gasteiger partial charge in [0.15, 0.2) is 11.0 Å². The van der Waals surface area contributed by atoms with Crippen LogP contribution in [-0.2, 0) is 11.8 Å². The van der Waals surface area contributed by atoms with E-state index in [4.69, 9.17) is 4.42 Å². The monoisotopic (exact) mass is 432 g/mol. The first-order valence-electron chi connectivity index (χ1n) is 9.97. The Hall–Kier alpha value is -3.32. The number of nitrogens with zero attached hydrogens (tertiary/aromatic N) is 3. The number of aryl methyl sites for hydroxylation is 3. The predicted octanol–water partition coefficient (Wildman–Crippen LogP) is 5.47. The Morgan fingerprint density at radius 2 is 1.84 bits per heavy atom. The van der Waals surface area contributed by atoms with Crippen molar-refractivity contribution in [2.45, 2.75) is 31.2 Å². The highest BCUT2D eigenvalue weighted by atomic mass is 32.2. The van der Waals surface area contributed by atoms with Gasteiger partial charge in [-0.1, -0.05) is 54.2 Å². The standard InChI is InChI=1S/C24H24N4O2S/c1-15-10-11-16(2)20(14-15)25-23(29)21(18-8-6-5-7-9-18)31-24-27-26-22(28(24)4)19-12-13-30-17(19)3/h5-14,21H,1-4H3,(H,25,29)/t21-/m1/s1. The summed E-state index contributed by atoms with van der Waals surface area (Å²) >= 11 is 1.38. The lowest BCUT2D eigenvalue weighted by atomic mass is 10.1. The summed E-state index contributed by atoms with van der Waals surface area (Å²) in [4.78, 5) is 13.4. The molecule has 4 aromatic rings. The molecule has 31 heavy (non-hydrogen) atoms. The third-order valence-electron chi connectivity index (χ3n) is 5.15. The third-order valence-corrected chi connectivity index (χ3v) is 6.44. The summed E-state index contributed by atoms with van der Waals surface area (Å²) in [6.07, 6.45) is 1.64. The van der Waals surface area contributed by atoms with Gasteiger partial charge in [0.2, 0.25) is 5.91 Å². The van der Waals surface area contributed by atoms with Gasteiger partial charge < -0.3 is 14.3 Å². The molecule has 2 aromatic heterocycles. The lowest BCUT2D eigenvalue weighted by Crippen LogP contribution is -2.20. The molecule has 2 heterocycles. The number of aromatic nitrogens is 3. The van der Waals surface area contributed by atoms with Crippen LogP contribution in [0.3, 0.4) is 0 Å². The highest BCUT2D eigenvalue weighted by Gasteiger charge is 2.26. The Morgan fingerprint density at radius 3 is 2.55 bits per heavy atom. The molecule has 0 aliphatic rings. The van der Waals surface area contributed by atoms with Crippen molar-refractivity contribution in [3.05, 3.63) is 83.3 Å². The van der Waals surface area contributed by atoms with Crippen LogP contribution < -0.4 is 5.32 Å². The summed E-state index contributed by atoms with van der Waals surface area (Å²) in [5, 5.41) is 12.0. The number of nitrogens with one attached hydrogen (secondary N) is 1. The fraction of sp³-hybridized carbons (Fsp3) is 0.208. The van der Waals surface area contributed by atoms with Crippen LogP contribution >= 0.6 is 11.8 Å². The van der Waals surface area contributed by atoms with Crippen molar-refractivity contribution in [3.63, 3.8) is 0 Å². The van der Waals surface area contributed by atoms with E-state index in [0.717, 1.165) is 33.7 Å². The minimum absolute atomic E-state index is 0.103. The molecular formula is C24H24N4O2S. The van der Waals surface area contributed by atoms with Crippen LogP contribution in [0.15, 0.2) is 70.4 Å². The number of thioether (sulfide) groups is 1. The Balaban J connectivity index is 1.65. The summed E-state index contributed by atoms with van der Waals surface area (Å²) in [7, 11) is 1.90. The van der Waals surface area contributed by atoms with Gasteiger partial charge in [0.1, 0.15) is 11.0 Å². The first kappa shape index (κ1) is 20.9. The number of anilines is 1. The average molecular weight is 433 g/mol. The molecule has 1 amide bonds. The van der Waals surface area contributed by atoms with Gasteiger partial charge in [-0.15, -0.1) is 10.2 Å². The first-order chi connectivity index (χ1) is 14.9. The highest BCUT2D eigenvalue weighted by Crippen LogP contribution is 2.37. The van der Waals surface area contributed by atoms with Crippen LogP contribution in [0.1, 0.15) is 27.7 Å². The zero-order valence-electron chi connectivity index (χ0n) is 17.9. The topological polar surface area (TPSA) is 73.0 Å². The minimum atomic E-state index is -0.484. The molecule has 1 atom stereocenters.